The van der Waals surface area contributed by atoms with Crippen LogP contribution in [0.5, 0.6) is 0 Å². The largest absolute Gasteiger partial charge is 0.460 e. The SMILES string of the molecule is CC(C)(C)OC(=O)CCN(/N=C/c1ccccc1)C(=O)OCC1c2ccccc2-c2ccccc21. The van der Waals surface area contributed by atoms with Crippen LogP contribution >= 0.6 is 0 Å². The Morgan fingerprint density at radius 2 is 1.46 bits per heavy atom. The highest BCUT2D eigenvalue weighted by Gasteiger charge is 2.30. The predicted octanol–water partition coefficient (Wildman–Crippen LogP) is 6.00. The number of esters is 1. The molecule has 0 radical (unpaired) electrons. The molecule has 3 aromatic carbocycles. The predicted molar refractivity (Wildman–Crippen MR) is 136 cm³/mol. The van der Waals surface area contributed by atoms with Gasteiger partial charge in [-0.05, 0) is 48.6 Å². The van der Waals surface area contributed by atoms with Crippen molar-refractivity contribution in [3.8, 4) is 11.1 Å². The molecular weight excluding hydrogens is 440 g/mol. The lowest BCUT2D eigenvalue weighted by molar-refractivity contribution is -0.155. The number of benzene rings is 3. The maximum absolute atomic E-state index is 13.1. The molecule has 1 aliphatic rings. The number of ether oxygens (including phenoxy) is 2. The first-order valence-corrected chi connectivity index (χ1v) is 11.8. The summed E-state index contributed by atoms with van der Waals surface area (Å²) >= 11 is 0. The van der Waals surface area contributed by atoms with Gasteiger partial charge in [0.1, 0.15) is 12.2 Å². The maximum Gasteiger partial charge on any atom is 0.430 e. The smallest absolute Gasteiger partial charge is 0.430 e. The molecule has 0 aromatic heterocycles. The number of hydrogen-bond acceptors (Lipinski definition) is 5. The van der Waals surface area contributed by atoms with Crippen molar-refractivity contribution in [2.45, 2.75) is 38.7 Å². The minimum Gasteiger partial charge on any atom is -0.460 e. The van der Waals surface area contributed by atoms with Crippen LogP contribution in [-0.4, -0.2) is 42.0 Å². The Hall–Kier alpha value is -3.93. The molecule has 4 rings (SSSR count). The second-order valence-corrected chi connectivity index (χ2v) is 9.42. The van der Waals surface area contributed by atoms with Gasteiger partial charge in [-0.2, -0.15) is 10.1 Å². The Labute approximate surface area is 206 Å². The van der Waals surface area contributed by atoms with Gasteiger partial charge in [-0.3, -0.25) is 4.79 Å². The van der Waals surface area contributed by atoms with Crippen LogP contribution < -0.4 is 0 Å². The van der Waals surface area contributed by atoms with Gasteiger partial charge in [0, 0.05) is 5.92 Å². The van der Waals surface area contributed by atoms with Crippen LogP contribution in [0.4, 0.5) is 4.79 Å². The van der Waals surface area contributed by atoms with Gasteiger partial charge < -0.3 is 9.47 Å². The van der Waals surface area contributed by atoms with E-state index in [1.807, 2.05) is 75.4 Å². The summed E-state index contributed by atoms with van der Waals surface area (Å²) in [4.78, 5) is 25.3. The third-order valence-electron chi connectivity index (χ3n) is 5.64. The molecule has 0 spiro atoms. The molecule has 0 fully saturated rings. The second-order valence-electron chi connectivity index (χ2n) is 9.42. The fourth-order valence-electron chi connectivity index (χ4n) is 4.13. The number of hydrogen-bond donors (Lipinski definition) is 0. The van der Waals surface area contributed by atoms with Crippen LogP contribution in [0.1, 0.15) is 49.8 Å². The molecule has 35 heavy (non-hydrogen) atoms. The zero-order valence-corrected chi connectivity index (χ0v) is 20.3. The van der Waals surface area contributed by atoms with Crippen LogP contribution in [0.25, 0.3) is 11.1 Å². The van der Waals surface area contributed by atoms with Crippen molar-refractivity contribution < 1.29 is 19.1 Å². The first kappa shape index (κ1) is 24.2. The maximum atomic E-state index is 13.1. The molecular formula is C29H30N2O4. The van der Waals surface area contributed by atoms with E-state index in [4.69, 9.17) is 9.47 Å². The van der Waals surface area contributed by atoms with Gasteiger partial charge in [0.15, 0.2) is 0 Å². The number of hydrazone groups is 1. The summed E-state index contributed by atoms with van der Waals surface area (Å²) in [6.45, 7) is 5.65. The Morgan fingerprint density at radius 3 is 2.06 bits per heavy atom. The van der Waals surface area contributed by atoms with E-state index in [2.05, 4.69) is 29.4 Å². The van der Waals surface area contributed by atoms with Crippen LogP contribution in [0.2, 0.25) is 0 Å². The van der Waals surface area contributed by atoms with E-state index < -0.39 is 17.7 Å². The summed E-state index contributed by atoms with van der Waals surface area (Å²) in [6, 6.07) is 25.8. The van der Waals surface area contributed by atoms with E-state index in [1.165, 1.54) is 5.01 Å². The molecule has 0 bridgehead atoms. The van der Waals surface area contributed by atoms with E-state index in [1.54, 1.807) is 6.21 Å². The highest BCUT2D eigenvalue weighted by atomic mass is 16.6. The molecule has 0 heterocycles. The number of carbonyl (C=O) groups is 2. The molecule has 0 N–H and O–H groups in total. The number of amides is 1. The normalized spacial score (nSPS) is 12.8. The highest BCUT2D eigenvalue weighted by molar-refractivity contribution is 5.81. The summed E-state index contributed by atoms with van der Waals surface area (Å²) in [5.74, 6) is -0.457. The molecule has 180 valence electrons. The molecule has 0 atom stereocenters. The van der Waals surface area contributed by atoms with Crippen molar-refractivity contribution in [2.24, 2.45) is 5.10 Å². The Bertz CT molecular complexity index is 1170. The van der Waals surface area contributed by atoms with Gasteiger partial charge in [0.05, 0.1) is 19.2 Å². The van der Waals surface area contributed by atoms with Crippen molar-refractivity contribution in [3.63, 3.8) is 0 Å². The molecule has 0 saturated heterocycles. The zero-order chi connectivity index (χ0) is 24.8. The molecule has 0 aliphatic heterocycles. The molecule has 6 nitrogen and oxygen atoms in total. The van der Waals surface area contributed by atoms with Crippen molar-refractivity contribution in [2.75, 3.05) is 13.2 Å². The number of fused-ring (bicyclic) bond motifs is 3. The quantitative estimate of drug-likeness (QED) is 0.241. The first-order chi connectivity index (χ1) is 16.8. The fraction of sp³-hybridized carbons (Fsp3) is 0.276. The van der Waals surface area contributed by atoms with Gasteiger partial charge in [-0.15, -0.1) is 0 Å². The summed E-state index contributed by atoms with van der Waals surface area (Å²) < 4.78 is 11.1. The summed E-state index contributed by atoms with van der Waals surface area (Å²) in [5, 5.41) is 5.51. The fourth-order valence-corrected chi connectivity index (χ4v) is 4.13. The van der Waals surface area contributed by atoms with Crippen LogP contribution in [0.15, 0.2) is 84.0 Å². The lowest BCUT2D eigenvalue weighted by atomic mass is 9.98. The number of nitrogens with zero attached hydrogens (tertiary/aromatic N) is 2. The van der Waals surface area contributed by atoms with E-state index in [0.29, 0.717) is 0 Å². The summed E-state index contributed by atoms with van der Waals surface area (Å²) in [6.07, 6.45) is 0.979. The average molecular weight is 471 g/mol. The standard InChI is InChI=1S/C29H30N2O4/c1-29(2,3)35-27(32)17-18-31(30-19-21-11-5-4-6-12-21)28(33)34-20-26-24-15-9-7-13-22(24)23-14-8-10-16-25(23)26/h4-16,19,26H,17-18,20H2,1-3H3/b30-19+. The summed E-state index contributed by atoms with van der Waals surface area (Å²) in [7, 11) is 0. The average Bonchev–Trinajstić information content (AvgIpc) is 3.16. The summed E-state index contributed by atoms with van der Waals surface area (Å²) in [5.41, 5.74) is 4.82. The van der Waals surface area contributed by atoms with Crippen molar-refractivity contribution >= 4 is 18.3 Å². The van der Waals surface area contributed by atoms with Crippen molar-refractivity contribution in [3.05, 3.63) is 95.6 Å². The molecule has 0 saturated carbocycles. The van der Waals surface area contributed by atoms with E-state index >= 15 is 0 Å². The molecule has 1 aliphatic carbocycles. The van der Waals surface area contributed by atoms with Crippen LogP contribution in [0, 0.1) is 0 Å². The second kappa shape index (κ2) is 10.6. The molecule has 6 heteroatoms. The minimum absolute atomic E-state index is 0.00753. The monoisotopic (exact) mass is 470 g/mol. The van der Waals surface area contributed by atoms with E-state index in [-0.39, 0.29) is 25.5 Å². The first-order valence-electron chi connectivity index (χ1n) is 11.8. The molecule has 0 unspecified atom stereocenters. The van der Waals surface area contributed by atoms with Gasteiger partial charge >= 0.3 is 12.1 Å². The van der Waals surface area contributed by atoms with E-state index in [9.17, 15) is 9.59 Å². The lowest BCUT2D eigenvalue weighted by Gasteiger charge is -2.22. The van der Waals surface area contributed by atoms with E-state index in [0.717, 1.165) is 27.8 Å². The third kappa shape index (κ3) is 6.15. The number of rotatable bonds is 7. The van der Waals surface area contributed by atoms with Gasteiger partial charge in [0.25, 0.3) is 0 Å². The Balaban J connectivity index is 1.48. The lowest BCUT2D eigenvalue weighted by Crippen LogP contribution is -2.32. The third-order valence-corrected chi connectivity index (χ3v) is 5.64. The van der Waals surface area contributed by atoms with Crippen LogP contribution in [0.3, 0.4) is 0 Å². The van der Waals surface area contributed by atoms with Crippen molar-refractivity contribution in [1.82, 2.24) is 5.01 Å². The molecule has 1 amide bonds. The number of carbonyl (C=O) groups excluding carboxylic acids is 2. The Morgan fingerprint density at radius 1 is 0.886 bits per heavy atom. The van der Waals surface area contributed by atoms with Crippen LogP contribution in [-0.2, 0) is 14.3 Å². The molecule has 3 aromatic rings. The van der Waals surface area contributed by atoms with Gasteiger partial charge in [-0.1, -0.05) is 78.9 Å². The van der Waals surface area contributed by atoms with Gasteiger partial charge in [-0.25, -0.2) is 4.79 Å². The zero-order valence-electron chi connectivity index (χ0n) is 20.3. The highest BCUT2D eigenvalue weighted by Crippen LogP contribution is 2.44. The minimum atomic E-state index is -0.609. The topological polar surface area (TPSA) is 68.2 Å². The van der Waals surface area contributed by atoms with Gasteiger partial charge in [0.2, 0.25) is 0 Å². The van der Waals surface area contributed by atoms with Crippen molar-refractivity contribution in [1.29, 1.82) is 0 Å². The Kier molecular flexibility index (Phi) is 7.30.